The first-order valence-corrected chi connectivity index (χ1v) is 9.11. The van der Waals surface area contributed by atoms with E-state index in [0.29, 0.717) is 29.5 Å². The molecule has 1 fully saturated rings. The van der Waals surface area contributed by atoms with Crippen molar-refractivity contribution in [2.45, 2.75) is 32.1 Å². The molecule has 1 aromatic rings. The molecule has 0 spiro atoms. The van der Waals surface area contributed by atoms with E-state index in [1.807, 2.05) is 6.07 Å². The second-order valence-corrected chi connectivity index (χ2v) is 6.67. The lowest BCUT2D eigenvalue weighted by molar-refractivity contribution is -0.144. The fraction of sp³-hybridized carbons (Fsp3) is 0.450. The van der Waals surface area contributed by atoms with Crippen LogP contribution in [0.4, 0.5) is 0 Å². The van der Waals surface area contributed by atoms with Crippen molar-refractivity contribution in [3.63, 3.8) is 0 Å². The van der Waals surface area contributed by atoms with Crippen molar-refractivity contribution in [1.29, 1.82) is 5.26 Å². The van der Waals surface area contributed by atoms with Gasteiger partial charge in [-0.2, -0.15) is 5.26 Å². The monoisotopic (exact) mass is 370 g/mol. The number of hydrogen-bond donors (Lipinski definition) is 1. The Balaban J connectivity index is 1.49. The number of benzene rings is 1. The van der Waals surface area contributed by atoms with E-state index in [9.17, 15) is 14.9 Å². The highest BCUT2D eigenvalue weighted by Crippen LogP contribution is 2.33. The zero-order valence-electron chi connectivity index (χ0n) is 15.0. The third kappa shape index (κ3) is 5.23. The highest BCUT2D eigenvalue weighted by molar-refractivity contribution is 5.98. The van der Waals surface area contributed by atoms with E-state index in [1.54, 1.807) is 18.2 Å². The number of nitriles is 1. The van der Waals surface area contributed by atoms with Gasteiger partial charge in [0.15, 0.2) is 18.1 Å². The van der Waals surface area contributed by atoms with Crippen molar-refractivity contribution in [2.24, 2.45) is 5.92 Å². The number of rotatable bonds is 6. The fourth-order valence-electron chi connectivity index (χ4n) is 3.22. The molecule has 0 radical (unpaired) electrons. The van der Waals surface area contributed by atoms with Crippen LogP contribution in [-0.2, 0) is 14.3 Å². The van der Waals surface area contributed by atoms with E-state index in [0.717, 1.165) is 12.8 Å². The molecule has 7 nitrogen and oxygen atoms in total. The number of carbonyl (C=O) groups is 2. The van der Waals surface area contributed by atoms with Crippen molar-refractivity contribution in [3.05, 3.63) is 29.3 Å². The first-order valence-electron chi connectivity index (χ1n) is 9.11. The summed E-state index contributed by atoms with van der Waals surface area (Å²) in [6.45, 7) is 0.353. The predicted octanol–water partition coefficient (Wildman–Crippen LogP) is 2.56. The molecule has 27 heavy (non-hydrogen) atoms. The smallest absolute Gasteiger partial charge is 0.349 e. The summed E-state index contributed by atoms with van der Waals surface area (Å²) in [5.74, 6) is 0.482. The van der Waals surface area contributed by atoms with Gasteiger partial charge in [0.2, 0.25) is 6.79 Å². The number of hydrogen-bond acceptors (Lipinski definition) is 6. The van der Waals surface area contributed by atoms with Gasteiger partial charge < -0.3 is 19.5 Å². The van der Waals surface area contributed by atoms with Crippen LogP contribution in [0, 0.1) is 17.2 Å². The normalized spacial score (nSPS) is 16.5. The lowest BCUT2D eigenvalue weighted by atomic mass is 9.89. The molecule has 1 aromatic carbocycles. The van der Waals surface area contributed by atoms with Gasteiger partial charge in [0, 0.05) is 6.54 Å². The molecule has 1 aliphatic carbocycles. The number of amides is 1. The van der Waals surface area contributed by atoms with Crippen LogP contribution in [0.3, 0.4) is 0 Å². The third-order valence-electron chi connectivity index (χ3n) is 4.70. The molecule has 1 N–H and O–H groups in total. The van der Waals surface area contributed by atoms with Crippen LogP contribution < -0.4 is 14.8 Å². The first kappa shape index (κ1) is 18.8. The summed E-state index contributed by atoms with van der Waals surface area (Å²) < 4.78 is 15.5. The summed E-state index contributed by atoms with van der Waals surface area (Å²) in [7, 11) is 0. The summed E-state index contributed by atoms with van der Waals surface area (Å²) in [4.78, 5) is 23.9. The van der Waals surface area contributed by atoms with Gasteiger partial charge in [0.1, 0.15) is 11.6 Å². The van der Waals surface area contributed by atoms with Crippen molar-refractivity contribution >= 4 is 18.0 Å². The van der Waals surface area contributed by atoms with Gasteiger partial charge >= 0.3 is 5.97 Å². The van der Waals surface area contributed by atoms with E-state index in [1.165, 1.54) is 25.3 Å². The van der Waals surface area contributed by atoms with Crippen molar-refractivity contribution < 1.29 is 23.8 Å². The van der Waals surface area contributed by atoms with Crippen LogP contribution >= 0.6 is 0 Å². The summed E-state index contributed by atoms with van der Waals surface area (Å²) in [6.07, 6.45) is 7.30. The number of nitrogens with zero attached hydrogens (tertiary/aromatic N) is 1. The second kappa shape index (κ2) is 9.08. The average molecular weight is 370 g/mol. The second-order valence-electron chi connectivity index (χ2n) is 6.67. The summed E-state index contributed by atoms with van der Waals surface area (Å²) >= 11 is 0. The zero-order valence-corrected chi connectivity index (χ0v) is 15.0. The summed E-state index contributed by atoms with van der Waals surface area (Å²) in [5, 5.41) is 12.0. The average Bonchev–Trinajstić information content (AvgIpc) is 3.17. The molecule has 7 heteroatoms. The van der Waals surface area contributed by atoms with Gasteiger partial charge in [-0.15, -0.1) is 0 Å². The minimum atomic E-state index is -0.831. The van der Waals surface area contributed by atoms with Crippen LogP contribution in [0.25, 0.3) is 6.08 Å². The molecule has 2 aliphatic rings. The maximum absolute atomic E-state index is 12.1. The van der Waals surface area contributed by atoms with Crippen LogP contribution in [0.2, 0.25) is 0 Å². The molecule has 1 heterocycles. The zero-order chi connectivity index (χ0) is 19.1. The fourth-order valence-corrected chi connectivity index (χ4v) is 3.22. The maximum atomic E-state index is 12.1. The lowest BCUT2D eigenvalue weighted by Gasteiger charge is -2.21. The molecule has 1 aliphatic heterocycles. The summed E-state index contributed by atoms with van der Waals surface area (Å²) in [5.41, 5.74) is 0.420. The topological polar surface area (TPSA) is 97.7 Å². The SMILES string of the molecule is N#C/C(=C\c1ccc2c(c1)OCO2)C(=O)OCC(=O)NCC1CCCCC1. The Morgan fingerprint density at radius 2 is 2.00 bits per heavy atom. The molecule has 0 bridgehead atoms. The third-order valence-corrected chi connectivity index (χ3v) is 4.70. The molecular weight excluding hydrogens is 348 g/mol. The van der Waals surface area contributed by atoms with E-state index in [2.05, 4.69) is 5.32 Å². The quantitative estimate of drug-likeness (QED) is 0.469. The van der Waals surface area contributed by atoms with Gasteiger partial charge in [-0.3, -0.25) is 4.79 Å². The van der Waals surface area contributed by atoms with Crippen LogP contribution in [0.1, 0.15) is 37.7 Å². The van der Waals surface area contributed by atoms with Gasteiger partial charge in [0.05, 0.1) is 0 Å². The number of fused-ring (bicyclic) bond motifs is 1. The van der Waals surface area contributed by atoms with E-state index in [4.69, 9.17) is 14.2 Å². The molecular formula is C20H22N2O5. The Hall–Kier alpha value is -3.01. The predicted molar refractivity (Wildman–Crippen MR) is 96.7 cm³/mol. The number of nitrogens with one attached hydrogen (secondary N) is 1. The highest BCUT2D eigenvalue weighted by Gasteiger charge is 2.17. The largest absolute Gasteiger partial charge is 0.454 e. The van der Waals surface area contributed by atoms with Crippen LogP contribution in [0.5, 0.6) is 11.5 Å². The standard InChI is InChI=1S/C20H22N2O5/c21-10-16(8-15-6-7-17-18(9-15)27-13-26-17)20(24)25-12-19(23)22-11-14-4-2-1-3-5-14/h6-9,14H,1-5,11-13H2,(H,22,23)/b16-8+. The molecule has 0 saturated heterocycles. The minimum Gasteiger partial charge on any atom is -0.454 e. The van der Waals surface area contributed by atoms with Gasteiger partial charge in [0.25, 0.3) is 5.91 Å². The highest BCUT2D eigenvalue weighted by atomic mass is 16.7. The van der Waals surface area contributed by atoms with Crippen molar-refractivity contribution in [2.75, 3.05) is 19.9 Å². The van der Waals surface area contributed by atoms with E-state index >= 15 is 0 Å². The number of carbonyl (C=O) groups excluding carboxylic acids is 2. The maximum Gasteiger partial charge on any atom is 0.349 e. The number of ether oxygens (including phenoxy) is 3. The van der Waals surface area contributed by atoms with E-state index < -0.39 is 12.6 Å². The molecule has 0 unspecified atom stereocenters. The van der Waals surface area contributed by atoms with Gasteiger partial charge in [-0.05, 0) is 42.5 Å². The van der Waals surface area contributed by atoms with Crippen LogP contribution in [-0.4, -0.2) is 31.8 Å². The van der Waals surface area contributed by atoms with Gasteiger partial charge in [-0.1, -0.05) is 25.3 Å². The molecule has 1 amide bonds. The van der Waals surface area contributed by atoms with Crippen LogP contribution in [0.15, 0.2) is 23.8 Å². The van der Waals surface area contributed by atoms with E-state index in [-0.39, 0.29) is 18.3 Å². The number of esters is 1. The van der Waals surface area contributed by atoms with Crippen molar-refractivity contribution in [1.82, 2.24) is 5.32 Å². The Kier molecular flexibility index (Phi) is 6.31. The summed E-state index contributed by atoms with van der Waals surface area (Å²) in [6, 6.07) is 6.88. The molecule has 142 valence electrons. The Morgan fingerprint density at radius 1 is 1.22 bits per heavy atom. The molecule has 0 aromatic heterocycles. The Labute approximate surface area is 157 Å². The molecule has 1 saturated carbocycles. The molecule has 3 rings (SSSR count). The lowest BCUT2D eigenvalue weighted by Crippen LogP contribution is -2.33. The van der Waals surface area contributed by atoms with Gasteiger partial charge in [-0.25, -0.2) is 4.79 Å². The molecule has 0 atom stereocenters. The Bertz CT molecular complexity index is 775. The Morgan fingerprint density at radius 3 is 2.78 bits per heavy atom. The first-order chi connectivity index (χ1) is 13.2. The van der Waals surface area contributed by atoms with Crippen molar-refractivity contribution in [3.8, 4) is 17.6 Å². The minimum absolute atomic E-state index is 0.144.